The quantitative estimate of drug-likeness (QED) is 0.154. The molecule has 288 valence electrons. The molecule has 0 spiro atoms. The average Bonchev–Trinajstić information content (AvgIpc) is 3.88. The minimum absolute atomic E-state index is 1.16. The Hall–Kier alpha value is -8.20. The van der Waals surface area contributed by atoms with Crippen molar-refractivity contribution in [3.05, 3.63) is 231 Å². The number of fused-ring (bicyclic) bond motifs is 12. The fraction of sp³-hybridized carbons (Fsp3) is 0. The number of aromatic nitrogens is 2. The molecule has 0 saturated heterocycles. The summed E-state index contributed by atoms with van der Waals surface area (Å²) >= 11 is 0. The van der Waals surface area contributed by atoms with Gasteiger partial charge in [0.1, 0.15) is 0 Å². The second-order valence-electron chi connectivity index (χ2n) is 16.4. The van der Waals surface area contributed by atoms with Crippen molar-refractivity contribution in [1.82, 2.24) is 9.13 Å². The predicted molar refractivity (Wildman–Crippen MR) is 264 cm³/mol. The lowest BCUT2D eigenvalue weighted by Gasteiger charge is -2.15. The second-order valence-corrected chi connectivity index (χ2v) is 16.4. The third kappa shape index (κ3) is 5.17. The molecule has 13 aromatic rings. The molecule has 0 aliphatic rings. The molecule has 0 saturated carbocycles. The van der Waals surface area contributed by atoms with Crippen molar-refractivity contribution in [1.29, 1.82) is 0 Å². The Labute approximate surface area is 358 Å². The van der Waals surface area contributed by atoms with E-state index in [-0.39, 0.29) is 0 Å². The van der Waals surface area contributed by atoms with E-state index in [1.807, 2.05) is 0 Å². The first-order chi connectivity index (χ1) is 30.8. The first kappa shape index (κ1) is 34.6. The van der Waals surface area contributed by atoms with Gasteiger partial charge in [-0.15, -0.1) is 0 Å². The van der Waals surface area contributed by atoms with E-state index in [0.717, 1.165) is 11.4 Å². The first-order valence-corrected chi connectivity index (χ1v) is 21.4. The maximum Gasteiger partial charge on any atom is 0.0547 e. The standard InChI is InChI=1S/C60H38N2/c1-3-17-43(18-4-1)61-55-29-13-11-25-52(55)59-45(27-15-31-57(59)61)41-35-40(39-33-34-51-49-23-8-7-21-47(49)48-22-9-10-24-50(48)54(51)38-39)36-42(37-41)46-28-16-32-58-60(46)53-26-12-14-30-56(53)62(58)44-19-5-2-6-20-44/h1-38H. The van der Waals surface area contributed by atoms with Crippen molar-refractivity contribution in [3.63, 3.8) is 0 Å². The van der Waals surface area contributed by atoms with Crippen LogP contribution in [0.2, 0.25) is 0 Å². The van der Waals surface area contributed by atoms with Gasteiger partial charge in [-0.2, -0.15) is 0 Å². The molecule has 13 rings (SSSR count). The van der Waals surface area contributed by atoms with Gasteiger partial charge < -0.3 is 9.13 Å². The molecule has 62 heavy (non-hydrogen) atoms. The number of para-hydroxylation sites is 4. The summed E-state index contributed by atoms with van der Waals surface area (Å²) in [5.74, 6) is 0. The highest BCUT2D eigenvalue weighted by molar-refractivity contribution is 6.26. The number of rotatable bonds is 5. The molecule has 0 N–H and O–H groups in total. The molecular weight excluding hydrogens is 749 g/mol. The van der Waals surface area contributed by atoms with Crippen LogP contribution in [0.3, 0.4) is 0 Å². The summed E-state index contributed by atoms with van der Waals surface area (Å²) in [4.78, 5) is 0. The fourth-order valence-corrected chi connectivity index (χ4v) is 10.4. The average molecular weight is 787 g/mol. The van der Waals surface area contributed by atoms with Crippen molar-refractivity contribution in [2.45, 2.75) is 0 Å². The van der Waals surface area contributed by atoms with Crippen LogP contribution >= 0.6 is 0 Å². The molecule has 2 nitrogen and oxygen atoms in total. The third-order valence-electron chi connectivity index (χ3n) is 13.1. The molecule has 2 aromatic heterocycles. The molecule has 11 aromatic carbocycles. The summed E-state index contributed by atoms with van der Waals surface area (Å²) in [7, 11) is 0. The number of nitrogens with zero attached hydrogens (tertiary/aromatic N) is 2. The molecule has 2 heteroatoms. The molecule has 0 aliphatic carbocycles. The Kier molecular flexibility index (Phi) is 7.64. The van der Waals surface area contributed by atoms with E-state index >= 15 is 0 Å². The Bertz CT molecular complexity index is 3700. The summed E-state index contributed by atoms with van der Waals surface area (Å²) < 4.78 is 4.83. The van der Waals surface area contributed by atoms with Crippen molar-refractivity contribution in [2.24, 2.45) is 0 Å². The minimum atomic E-state index is 1.16. The predicted octanol–water partition coefficient (Wildman–Crippen LogP) is 16.3. The van der Waals surface area contributed by atoms with Crippen LogP contribution in [0, 0.1) is 0 Å². The van der Waals surface area contributed by atoms with Gasteiger partial charge in [0, 0.05) is 32.9 Å². The highest BCUT2D eigenvalue weighted by Crippen LogP contribution is 2.45. The Morgan fingerprint density at radius 2 is 0.581 bits per heavy atom. The van der Waals surface area contributed by atoms with Gasteiger partial charge in [-0.3, -0.25) is 0 Å². The minimum Gasteiger partial charge on any atom is -0.309 e. The SMILES string of the molecule is c1ccc(-n2c3ccccc3c3c(-c4cc(-c5ccc6c7ccccc7c7ccccc7c6c5)cc(-c5cccc6c5c5ccccc5n6-c5ccccc5)c4)cccc32)cc1. The summed E-state index contributed by atoms with van der Waals surface area (Å²) in [5, 5.41) is 12.7. The van der Waals surface area contributed by atoms with Gasteiger partial charge in [-0.1, -0.05) is 158 Å². The maximum atomic E-state index is 2.43. The number of hydrogen-bond donors (Lipinski definition) is 0. The molecule has 0 aliphatic heterocycles. The lowest BCUT2D eigenvalue weighted by atomic mass is 9.88. The number of benzene rings is 11. The molecular formula is C60H38N2. The van der Waals surface area contributed by atoms with E-state index in [4.69, 9.17) is 0 Å². The van der Waals surface area contributed by atoms with Crippen molar-refractivity contribution in [3.8, 4) is 44.8 Å². The summed E-state index contributed by atoms with van der Waals surface area (Å²) in [6.45, 7) is 0. The highest BCUT2D eigenvalue weighted by Gasteiger charge is 2.20. The van der Waals surface area contributed by atoms with Gasteiger partial charge in [0.15, 0.2) is 0 Å². The number of hydrogen-bond acceptors (Lipinski definition) is 0. The van der Waals surface area contributed by atoms with E-state index in [1.54, 1.807) is 0 Å². The normalized spacial score (nSPS) is 11.9. The largest absolute Gasteiger partial charge is 0.309 e. The molecule has 0 bridgehead atoms. The topological polar surface area (TPSA) is 9.86 Å². The van der Waals surface area contributed by atoms with E-state index < -0.39 is 0 Å². The fourth-order valence-electron chi connectivity index (χ4n) is 10.4. The van der Waals surface area contributed by atoms with Crippen LogP contribution in [0.25, 0.3) is 121 Å². The van der Waals surface area contributed by atoms with Crippen LogP contribution < -0.4 is 0 Å². The van der Waals surface area contributed by atoms with Crippen LogP contribution in [0.5, 0.6) is 0 Å². The lowest BCUT2D eigenvalue weighted by Crippen LogP contribution is -1.93. The smallest absolute Gasteiger partial charge is 0.0547 e. The maximum absolute atomic E-state index is 2.43. The zero-order valence-electron chi connectivity index (χ0n) is 33.8. The Morgan fingerprint density at radius 3 is 1.06 bits per heavy atom. The highest BCUT2D eigenvalue weighted by atomic mass is 15.0. The molecule has 0 unspecified atom stereocenters. The van der Waals surface area contributed by atoms with Crippen LogP contribution in [0.4, 0.5) is 0 Å². The van der Waals surface area contributed by atoms with Crippen molar-refractivity contribution >= 4 is 75.9 Å². The van der Waals surface area contributed by atoms with E-state index in [1.165, 1.54) is 109 Å². The molecule has 0 amide bonds. The summed E-state index contributed by atoms with van der Waals surface area (Å²) in [5.41, 5.74) is 14.3. The van der Waals surface area contributed by atoms with E-state index in [0.29, 0.717) is 0 Å². The van der Waals surface area contributed by atoms with Gasteiger partial charge in [0.05, 0.1) is 22.1 Å². The van der Waals surface area contributed by atoms with Crippen molar-refractivity contribution < 1.29 is 0 Å². The first-order valence-electron chi connectivity index (χ1n) is 21.4. The van der Waals surface area contributed by atoms with Crippen LogP contribution in [0.15, 0.2) is 231 Å². The zero-order chi connectivity index (χ0) is 40.7. The van der Waals surface area contributed by atoms with E-state index in [2.05, 4.69) is 240 Å². The van der Waals surface area contributed by atoms with Gasteiger partial charge in [-0.05, 0) is 138 Å². The monoisotopic (exact) mass is 786 g/mol. The third-order valence-corrected chi connectivity index (χ3v) is 13.1. The van der Waals surface area contributed by atoms with Crippen LogP contribution in [0.1, 0.15) is 0 Å². The summed E-state index contributed by atoms with van der Waals surface area (Å²) in [6.07, 6.45) is 0. The van der Waals surface area contributed by atoms with Gasteiger partial charge in [-0.25, -0.2) is 0 Å². The van der Waals surface area contributed by atoms with Gasteiger partial charge >= 0.3 is 0 Å². The van der Waals surface area contributed by atoms with Crippen LogP contribution in [-0.4, -0.2) is 9.13 Å². The second kappa shape index (κ2) is 13.7. The molecule has 0 fully saturated rings. The molecule has 0 atom stereocenters. The van der Waals surface area contributed by atoms with E-state index in [9.17, 15) is 0 Å². The van der Waals surface area contributed by atoms with Crippen molar-refractivity contribution in [2.75, 3.05) is 0 Å². The Balaban J connectivity index is 1.12. The zero-order valence-corrected chi connectivity index (χ0v) is 33.8. The van der Waals surface area contributed by atoms with Gasteiger partial charge in [0.2, 0.25) is 0 Å². The van der Waals surface area contributed by atoms with Crippen LogP contribution in [-0.2, 0) is 0 Å². The lowest BCUT2D eigenvalue weighted by molar-refractivity contribution is 1.18. The Morgan fingerprint density at radius 1 is 0.210 bits per heavy atom. The van der Waals surface area contributed by atoms with Gasteiger partial charge in [0.25, 0.3) is 0 Å². The molecule has 0 radical (unpaired) electrons. The molecule has 2 heterocycles. The summed E-state index contributed by atoms with van der Waals surface area (Å²) in [6, 6.07) is 84.9.